The number of aliphatic carboxylic acids is 1. The van der Waals surface area contributed by atoms with Crippen molar-refractivity contribution < 1.29 is 19.4 Å². The van der Waals surface area contributed by atoms with Crippen LogP contribution in [0.4, 0.5) is 0 Å². The SMILES string of the molecule is O=C(O)C1CCCN(C(c2ccncc2)c2ccc3c(c2)OCO3)C1. The van der Waals surface area contributed by atoms with Gasteiger partial charge in [0.15, 0.2) is 11.5 Å². The van der Waals surface area contributed by atoms with Crippen LogP contribution in [-0.4, -0.2) is 40.8 Å². The van der Waals surface area contributed by atoms with Gasteiger partial charge in [-0.05, 0) is 54.8 Å². The molecule has 130 valence electrons. The molecule has 0 bridgehead atoms. The zero-order chi connectivity index (χ0) is 17.2. The van der Waals surface area contributed by atoms with Crippen LogP contribution < -0.4 is 9.47 Å². The normalized spacial score (nSPS) is 21.0. The summed E-state index contributed by atoms with van der Waals surface area (Å²) in [6, 6.07) is 9.89. The molecule has 0 spiro atoms. The molecule has 2 aliphatic rings. The van der Waals surface area contributed by atoms with E-state index in [1.807, 2.05) is 30.3 Å². The average Bonchev–Trinajstić information content (AvgIpc) is 3.11. The molecule has 4 rings (SSSR count). The van der Waals surface area contributed by atoms with Gasteiger partial charge in [-0.15, -0.1) is 0 Å². The van der Waals surface area contributed by atoms with Gasteiger partial charge in [-0.25, -0.2) is 0 Å². The van der Waals surface area contributed by atoms with Crippen LogP contribution in [0.25, 0.3) is 0 Å². The molecule has 2 atom stereocenters. The summed E-state index contributed by atoms with van der Waals surface area (Å²) in [5, 5.41) is 9.43. The molecular formula is C19H20N2O4. The number of ether oxygens (including phenoxy) is 2. The van der Waals surface area contributed by atoms with Crippen molar-refractivity contribution in [1.82, 2.24) is 9.88 Å². The number of likely N-dealkylation sites (tertiary alicyclic amines) is 1. The summed E-state index contributed by atoms with van der Waals surface area (Å²) in [5.41, 5.74) is 2.17. The third-order valence-corrected chi connectivity index (χ3v) is 4.90. The van der Waals surface area contributed by atoms with Gasteiger partial charge in [0, 0.05) is 18.9 Å². The lowest BCUT2D eigenvalue weighted by molar-refractivity contribution is -0.143. The average molecular weight is 340 g/mol. The lowest BCUT2D eigenvalue weighted by atomic mass is 9.91. The summed E-state index contributed by atoms with van der Waals surface area (Å²) in [7, 11) is 0. The van der Waals surface area contributed by atoms with Gasteiger partial charge >= 0.3 is 5.97 Å². The first-order valence-corrected chi connectivity index (χ1v) is 8.48. The van der Waals surface area contributed by atoms with Crippen LogP contribution >= 0.6 is 0 Å². The molecule has 1 N–H and O–H groups in total. The number of rotatable bonds is 4. The molecule has 0 amide bonds. The van der Waals surface area contributed by atoms with Gasteiger partial charge in [-0.1, -0.05) is 6.07 Å². The minimum absolute atomic E-state index is 0.0281. The number of piperidine rings is 1. The standard InChI is InChI=1S/C19H20N2O4/c22-19(23)15-2-1-9-21(11-15)18(13-5-7-20-8-6-13)14-3-4-16-17(10-14)25-12-24-16/h3-8,10,15,18H,1-2,9,11-12H2,(H,22,23). The molecule has 1 fully saturated rings. The monoisotopic (exact) mass is 340 g/mol. The fraction of sp³-hybridized carbons (Fsp3) is 0.368. The van der Waals surface area contributed by atoms with Gasteiger partial charge < -0.3 is 14.6 Å². The Labute approximate surface area is 146 Å². The number of carboxylic acid groups (broad SMARTS) is 1. The Hall–Kier alpha value is -2.60. The third kappa shape index (κ3) is 3.17. The van der Waals surface area contributed by atoms with E-state index in [2.05, 4.69) is 9.88 Å². The zero-order valence-corrected chi connectivity index (χ0v) is 13.8. The maximum absolute atomic E-state index is 11.5. The van der Waals surface area contributed by atoms with Crippen LogP contribution in [0.1, 0.15) is 30.0 Å². The molecule has 1 aromatic heterocycles. The van der Waals surface area contributed by atoms with Crippen molar-refractivity contribution in [3.05, 3.63) is 53.9 Å². The number of carbonyl (C=O) groups is 1. The number of carboxylic acids is 1. The van der Waals surface area contributed by atoms with Crippen molar-refractivity contribution >= 4 is 5.97 Å². The molecule has 2 unspecified atom stereocenters. The Bertz CT molecular complexity index is 765. The number of hydrogen-bond donors (Lipinski definition) is 1. The molecule has 25 heavy (non-hydrogen) atoms. The number of fused-ring (bicyclic) bond motifs is 1. The predicted octanol–water partition coefficient (Wildman–Crippen LogP) is 2.70. The molecule has 0 saturated carbocycles. The van der Waals surface area contributed by atoms with Gasteiger partial charge in [0.25, 0.3) is 0 Å². The summed E-state index contributed by atoms with van der Waals surface area (Å²) in [4.78, 5) is 17.8. The maximum Gasteiger partial charge on any atom is 0.307 e. The van der Waals surface area contributed by atoms with E-state index >= 15 is 0 Å². The lowest BCUT2D eigenvalue weighted by Crippen LogP contribution is -2.41. The highest BCUT2D eigenvalue weighted by Gasteiger charge is 2.32. The van der Waals surface area contributed by atoms with Gasteiger partial charge in [0.05, 0.1) is 12.0 Å². The number of benzene rings is 1. The molecule has 3 heterocycles. The second kappa shape index (κ2) is 6.72. The Kier molecular flexibility index (Phi) is 4.28. The summed E-state index contributed by atoms with van der Waals surface area (Å²) in [6.45, 7) is 1.64. The second-order valence-corrected chi connectivity index (χ2v) is 6.47. The van der Waals surface area contributed by atoms with Crippen LogP contribution in [0.2, 0.25) is 0 Å². The van der Waals surface area contributed by atoms with Crippen molar-refractivity contribution in [3.63, 3.8) is 0 Å². The topological polar surface area (TPSA) is 71.9 Å². The number of nitrogens with zero attached hydrogens (tertiary/aromatic N) is 2. The molecule has 1 aromatic carbocycles. The summed E-state index contributed by atoms with van der Waals surface area (Å²) < 4.78 is 10.9. The molecule has 0 aliphatic carbocycles. The van der Waals surface area contributed by atoms with Gasteiger partial charge in [-0.3, -0.25) is 14.7 Å². The van der Waals surface area contributed by atoms with Crippen molar-refractivity contribution in [3.8, 4) is 11.5 Å². The van der Waals surface area contributed by atoms with E-state index in [9.17, 15) is 9.90 Å². The molecule has 2 aliphatic heterocycles. The first kappa shape index (κ1) is 15.9. The highest BCUT2D eigenvalue weighted by molar-refractivity contribution is 5.70. The van der Waals surface area contributed by atoms with Crippen LogP contribution in [-0.2, 0) is 4.79 Å². The third-order valence-electron chi connectivity index (χ3n) is 4.90. The quantitative estimate of drug-likeness (QED) is 0.923. The fourth-order valence-electron chi connectivity index (χ4n) is 3.69. The van der Waals surface area contributed by atoms with Crippen LogP contribution in [0.15, 0.2) is 42.7 Å². The van der Waals surface area contributed by atoms with Crippen LogP contribution in [0.3, 0.4) is 0 Å². The highest BCUT2D eigenvalue weighted by atomic mass is 16.7. The lowest BCUT2D eigenvalue weighted by Gasteiger charge is -2.37. The molecule has 6 heteroatoms. The highest BCUT2D eigenvalue weighted by Crippen LogP contribution is 2.38. The smallest absolute Gasteiger partial charge is 0.307 e. The van der Waals surface area contributed by atoms with E-state index in [0.29, 0.717) is 6.54 Å². The summed E-state index contributed by atoms with van der Waals surface area (Å²) in [6.07, 6.45) is 5.15. The van der Waals surface area contributed by atoms with E-state index in [1.165, 1.54) is 0 Å². The Balaban J connectivity index is 1.71. The zero-order valence-electron chi connectivity index (χ0n) is 13.8. The van der Waals surface area contributed by atoms with E-state index in [4.69, 9.17) is 9.47 Å². The molecular weight excluding hydrogens is 320 g/mol. The molecule has 1 saturated heterocycles. The largest absolute Gasteiger partial charge is 0.481 e. The van der Waals surface area contributed by atoms with Gasteiger partial charge in [-0.2, -0.15) is 0 Å². The van der Waals surface area contributed by atoms with Crippen molar-refractivity contribution in [1.29, 1.82) is 0 Å². The molecule has 6 nitrogen and oxygen atoms in total. The van der Waals surface area contributed by atoms with Crippen molar-refractivity contribution in [2.45, 2.75) is 18.9 Å². The van der Waals surface area contributed by atoms with E-state index in [0.717, 1.165) is 42.0 Å². The number of pyridine rings is 1. The number of aromatic nitrogens is 1. The maximum atomic E-state index is 11.5. The molecule has 2 aromatic rings. The van der Waals surface area contributed by atoms with Crippen LogP contribution in [0, 0.1) is 5.92 Å². The number of hydrogen-bond acceptors (Lipinski definition) is 5. The summed E-state index contributed by atoms with van der Waals surface area (Å²) >= 11 is 0. The van der Waals surface area contributed by atoms with Gasteiger partial charge in [0.2, 0.25) is 6.79 Å². The van der Waals surface area contributed by atoms with Crippen molar-refractivity contribution in [2.75, 3.05) is 19.9 Å². The van der Waals surface area contributed by atoms with E-state index in [-0.39, 0.29) is 18.8 Å². The Morgan fingerprint density at radius 2 is 1.96 bits per heavy atom. The fourth-order valence-corrected chi connectivity index (χ4v) is 3.69. The van der Waals surface area contributed by atoms with Gasteiger partial charge in [0.1, 0.15) is 0 Å². The molecule has 0 radical (unpaired) electrons. The first-order chi connectivity index (χ1) is 12.2. The predicted molar refractivity (Wildman–Crippen MR) is 90.6 cm³/mol. The minimum Gasteiger partial charge on any atom is -0.481 e. The van der Waals surface area contributed by atoms with Crippen molar-refractivity contribution in [2.24, 2.45) is 5.92 Å². The second-order valence-electron chi connectivity index (χ2n) is 6.47. The van der Waals surface area contributed by atoms with Crippen LogP contribution in [0.5, 0.6) is 11.5 Å². The Morgan fingerprint density at radius 3 is 2.76 bits per heavy atom. The summed E-state index contributed by atoms with van der Waals surface area (Å²) in [5.74, 6) is 0.443. The van der Waals surface area contributed by atoms with E-state index in [1.54, 1.807) is 12.4 Å². The van der Waals surface area contributed by atoms with E-state index < -0.39 is 5.97 Å². The Morgan fingerprint density at radius 1 is 1.16 bits per heavy atom. The minimum atomic E-state index is -0.719. The first-order valence-electron chi connectivity index (χ1n) is 8.48.